The van der Waals surface area contributed by atoms with Gasteiger partial charge in [-0.2, -0.15) is 0 Å². The standard InChI is InChI=1S/C21H20Cl2FN5O2S/c1-11-4-6-14(24)9-17(11)26-18(30)10-32-21-28-27-19(29(21)3)12(2)25-20(31)15-7-5-13(22)8-16(15)23/h4-9,12H,10H2,1-3H3,(H,25,31)(H,26,30)/t12-/m1/s1. The van der Waals surface area contributed by atoms with Crippen LogP contribution < -0.4 is 10.6 Å². The number of nitrogens with one attached hydrogen (secondary N) is 2. The molecule has 0 saturated carbocycles. The maximum Gasteiger partial charge on any atom is 0.253 e. The minimum atomic E-state index is -0.468. The van der Waals surface area contributed by atoms with Crippen LogP contribution in [0.25, 0.3) is 0 Å². The van der Waals surface area contributed by atoms with Crippen molar-refractivity contribution in [1.29, 1.82) is 0 Å². The van der Waals surface area contributed by atoms with Gasteiger partial charge in [-0.15, -0.1) is 10.2 Å². The van der Waals surface area contributed by atoms with Crippen LogP contribution >= 0.6 is 35.0 Å². The van der Waals surface area contributed by atoms with Gasteiger partial charge in [0.05, 0.1) is 22.4 Å². The van der Waals surface area contributed by atoms with Crippen LogP contribution in [0.5, 0.6) is 0 Å². The molecule has 0 aliphatic rings. The van der Waals surface area contributed by atoms with Crippen molar-refractivity contribution in [2.45, 2.75) is 25.0 Å². The summed E-state index contributed by atoms with van der Waals surface area (Å²) in [5, 5.41) is 14.9. The lowest BCUT2D eigenvalue weighted by atomic mass is 10.2. The number of aryl methyl sites for hydroxylation is 1. The van der Waals surface area contributed by atoms with Gasteiger partial charge in [-0.3, -0.25) is 9.59 Å². The van der Waals surface area contributed by atoms with E-state index in [0.717, 1.165) is 5.56 Å². The summed E-state index contributed by atoms with van der Waals surface area (Å²) in [4.78, 5) is 24.8. The molecule has 2 amide bonds. The topological polar surface area (TPSA) is 88.9 Å². The molecule has 1 atom stereocenters. The minimum Gasteiger partial charge on any atom is -0.342 e. The predicted molar refractivity (Wildman–Crippen MR) is 124 cm³/mol. The largest absolute Gasteiger partial charge is 0.342 e. The number of thioether (sulfide) groups is 1. The summed E-state index contributed by atoms with van der Waals surface area (Å²) in [6.45, 7) is 3.55. The maximum atomic E-state index is 13.4. The van der Waals surface area contributed by atoms with Gasteiger partial charge in [0.15, 0.2) is 11.0 Å². The third kappa shape index (κ3) is 5.79. The fourth-order valence-electron chi connectivity index (χ4n) is 2.89. The van der Waals surface area contributed by atoms with Crippen molar-refractivity contribution in [1.82, 2.24) is 20.1 Å². The van der Waals surface area contributed by atoms with Crippen molar-refractivity contribution in [2.24, 2.45) is 7.05 Å². The van der Waals surface area contributed by atoms with E-state index >= 15 is 0 Å². The van der Waals surface area contributed by atoms with E-state index in [1.54, 1.807) is 43.7 Å². The highest BCUT2D eigenvalue weighted by Gasteiger charge is 2.20. The van der Waals surface area contributed by atoms with Crippen LogP contribution in [0, 0.1) is 12.7 Å². The first-order valence-corrected chi connectivity index (χ1v) is 11.2. The molecule has 3 aromatic rings. The molecule has 0 spiro atoms. The van der Waals surface area contributed by atoms with E-state index in [0.29, 0.717) is 27.3 Å². The van der Waals surface area contributed by atoms with E-state index in [1.165, 1.54) is 30.0 Å². The number of anilines is 1. The van der Waals surface area contributed by atoms with Crippen LogP contribution in [0.3, 0.4) is 0 Å². The second-order valence-corrected chi connectivity index (χ2v) is 8.80. The summed E-state index contributed by atoms with van der Waals surface area (Å²) in [6.07, 6.45) is 0. The lowest BCUT2D eigenvalue weighted by Gasteiger charge is -2.14. The van der Waals surface area contributed by atoms with Crippen molar-refractivity contribution in [3.05, 3.63) is 69.2 Å². The summed E-state index contributed by atoms with van der Waals surface area (Å²) in [6, 6.07) is 8.36. The number of nitrogens with zero attached hydrogens (tertiary/aromatic N) is 3. The lowest BCUT2D eigenvalue weighted by Crippen LogP contribution is -2.28. The van der Waals surface area contributed by atoms with Crippen molar-refractivity contribution < 1.29 is 14.0 Å². The zero-order valence-electron chi connectivity index (χ0n) is 17.4. The van der Waals surface area contributed by atoms with Gasteiger partial charge in [0.25, 0.3) is 5.91 Å². The molecule has 2 N–H and O–H groups in total. The summed E-state index contributed by atoms with van der Waals surface area (Å²) < 4.78 is 15.1. The van der Waals surface area contributed by atoms with Crippen LogP contribution in [-0.4, -0.2) is 32.3 Å². The van der Waals surface area contributed by atoms with Crippen molar-refractivity contribution in [3.63, 3.8) is 0 Å². The Morgan fingerprint density at radius 1 is 1.19 bits per heavy atom. The Kier molecular flexibility index (Phi) is 7.76. The minimum absolute atomic E-state index is 0.0586. The van der Waals surface area contributed by atoms with Crippen LogP contribution in [0.1, 0.15) is 34.7 Å². The van der Waals surface area contributed by atoms with Gasteiger partial charge in [-0.05, 0) is 49.7 Å². The Bertz CT molecular complexity index is 1170. The summed E-state index contributed by atoms with van der Waals surface area (Å²) in [7, 11) is 1.74. The first-order chi connectivity index (χ1) is 15.2. The molecular formula is C21H20Cl2FN5O2S. The Morgan fingerprint density at radius 3 is 2.66 bits per heavy atom. The molecule has 7 nitrogen and oxygen atoms in total. The molecule has 3 rings (SSSR count). The highest BCUT2D eigenvalue weighted by atomic mass is 35.5. The zero-order chi connectivity index (χ0) is 23.4. The third-order valence-electron chi connectivity index (χ3n) is 4.59. The summed E-state index contributed by atoms with van der Waals surface area (Å²) in [5.74, 6) is -0.531. The van der Waals surface area contributed by atoms with Crippen LogP contribution in [0.4, 0.5) is 10.1 Å². The lowest BCUT2D eigenvalue weighted by molar-refractivity contribution is -0.113. The quantitative estimate of drug-likeness (QED) is 0.460. The first-order valence-electron chi connectivity index (χ1n) is 9.49. The van der Waals surface area contributed by atoms with E-state index in [9.17, 15) is 14.0 Å². The molecule has 2 aromatic carbocycles. The number of hydrogen-bond donors (Lipinski definition) is 2. The average molecular weight is 496 g/mol. The number of carbonyl (C=O) groups is 2. The van der Waals surface area contributed by atoms with E-state index in [4.69, 9.17) is 23.2 Å². The molecule has 0 unspecified atom stereocenters. The third-order valence-corrected chi connectivity index (χ3v) is 6.15. The molecule has 0 radical (unpaired) electrons. The Balaban J connectivity index is 1.61. The molecule has 0 aliphatic carbocycles. The van der Waals surface area contributed by atoms with Crippen molar-refractivity contribution in [3.8, 4) is 0 Å². The van der Waals surface area contributed by atoms with Crippen LogP contribution in [0.15, 0.2) is 41.6 Å². The highest BCUT2D eigenvalue weighted by molar-refractivity contribution is 7.99. The first kappa shape index (κ1) is 24.0. The molecule has 0 saturated heterocycles. The number of halogens is 3. The van der Waals surface area contributed by atoms with Gasteiger partial charge >= 0.3 is 0 Å². The number of amides is 2. The fraction of sp³-hybridized carbons (Fsp3) is 0.238. The molecular weight excluding hydrogens is 476 g/mol. The number of rotatable bonds is 7. The SMILES string of the molecule is Cc1ccc(F)cc1NC(=O)CSc1nnc([C@@H](C)NC(=O)c2ccc(Cl)cc2Cl)n1C. The Morgan fingerprint density at radius 2 is 1.94 bits per heavy atom. The van der Waals surface area contributed by atoms with Gasteiger partial charge < -0.3 is 15.2 Å². The van der Waals surface area contributed by atoms with Crippen LogP contribution in [-0.2, 0) is 11.8 Å². The van der Waals surface area contributed by atoms with Gasteiger partial charge in [0.1, 0.15) is 5.82 Å². The molecule has 11 heteroatoms. The molecule has 32 heavy (non-hydrogen) atoms. The second kappa shape index (κ2) is 10.3. The fourth-order valence-corrected chi connectivity index (χ4v) is 4.10. The maximum absolute atomic E-state index is 13.4. The van der Waals surface area contributed by atoms with E-state index in [2.05, 4.69) is 20.8 Å². The van der Waals surface area contributed by atoms with Gasteiger partial charge in [-0.1, -0.05) is 41.0 Å². The number of benzene rings is 2. The average Bonchev–Trinajstić information content (AvgIpc) is 3.09. The number of carbonyl (C=O) groups excluding carboxylic acids is 2. The van der Waals surface area contributed by atoms with Gasteiger partial charge in [0.2, 0.25) is 5.91 Å². The monoisotopic (exact) mass is 495 g/mol. The molecule has 1 heterocycles. The molecule has 0 fully saturated rings. The molecule has 168 valence electrons. The van der Waals surface area contributed by atoms with E-state index < -0.39 is 11.9 Å². The van der Waals surface area contributed by atoms with E-state index in [-0.39, 0.29) is 22.6 Å². The van der Waals surface area contributed by atoms with Crippen LogP contribution in [0.2, 0.25) is 10.0 Å². The smallest absolute Gasteiger partial charge is 0.253 e. The van der Waals surface area contributed by atoms with Crippen molar-refractivity contribution in [2.75, 3.05) is 11.1 Å². The number of aromatic nitrogens is 3. The zero-order valence-corrected chi connectivity index (χ0v) is 19.8. The molecule has 0 bridgehead atoms. The Labute approximate surface area is 198 Å². The normalized spacial score (nSPS) is 11.8. The van der Waals surface area contributed by atoms with Gasteiger partial charge in [0, 0.05) is 17.8 Å². The van der Waals surface area contributed by atoms with Gasteiger partial charge in [-0.25, -0.2) is 4.39 Å². The molecule has 0 aliphatic heterocycles. The summed E-state index contributed by atoms with van der Waals surface area (Å²) in [5.41, 5.74) is 1.48. The number of hydrogen-bond acceptors (Lipinski definition) is 5. The Hall–Kier alpha value is -2.62. The van der Waals surface area contributed by atoms with E-state index in [1.807, 2.05) is 0 Å². The van der Waals surface area contributed by atoms with Crippen molar-refractivity contribution >= 4 is 52.5 Å². The molecule has 1 aromatic heterocycles. The highest BCUT2D eigenvalue weighted by Crippen LogP contribution is 2.23. The summed E-state index contributed by atoms with van der Waals surface area (Å²) >= 11 is 13.1. The second-order valence-electron chi connectivity index (χ2n) is 7.02. The predicted octanol–water partition coefficient (Wildman–Crippen LogP) is 4.79.